The molecule has 1 aliphatic rings. The van der Waals surface area contributed by atoms with Crippen molar-refractivity contribution in [2.45, 2.75) is 40.7 Å². The van der Waals surface area contributed by atoms with E-state index in [9.17, 15) is 9.59 Å². The highest BCUT2D eigenvalue weighted by Gasteiger charge is 2.32. The summed E-state index contributed by atoms with van der Waals surface area (Å²) >= 11 is 0. The van der Waals surface area contributed by atoms with Crippen molar-refractivity contribution in [1.29, 1.82) is 0 Å². The van der Waals surface area contributed by atoms with E-state index in [1.54, 1.807) is 0 Å². The number of carboxylic acid groups (broad SMARTS) is 1. The molecule has 1 fully saturated rings. The number of amides is 1. The zero-order valence-electron chi connectivity index (χ0n) is 18.6. The molecule has 1 aliphatic heterocycles. The smallest absolute Gasteiger partial charge is 0.339 e. The van der Waals surface area contributed by atoms with E-state index in [1.807, 2.05) is 49.1 Å². The summed E-state index contributed by atoms with van der Waals surface area (Å²) < 4.78 is 0. The van der Waals surface area contributed by atoms with Gasteiger partial charge in [-0.2, -0.15) is 0 Å². The summed E-state index contributed by atoms with van der Waals surface area (Å²) in [5, 5.41) is 17.9. The fraction of sp³-hybridized carbons (Fsp3) is 0.417. The van der Waals surface area contributed by atoms with Gasteiger partial charge in [-0.15, -0.1) is 0 Å². The van der Waals surface area contributed by atoms with E-state index in [0.717, 1.165) is 17.7 Å². The monoisotopic (exact) mass is 423 g/mol. The van der Waals surface area contributed by atoms with Gasteiger partial charge < -0.3 is 5.11 Å². The third kappa shape index (κ3) is 5.55. The molecule has 0 bridgehead atoms. The number of aliphatic carboxylic acids is 1. The van der Waals surface area contributed by atoms with Gasteiger partial charge in [-0.1, -0.05) is 19.9 Å². The highest BCUT2D eigenvalue weighted by Crippen LogP contribution is 2.19. The van der Waals surface area contributed by atoms with Crippen LogP contribution in [-0.4, -0.2) is 45.8 Å². The van der Waals surface area contributed by atoms with Gasteiger partial charge in [0.25, 0.3) is 5.84 Å². The average Bonchev–Trinajstić information content (AvgIpc) is 2.65. The van der Waals surface area contributed by atoms with Gasteiger partial charge in [0.2, 0.25) is 0 Å². The second kappa shape index (κ2) is 9.39. The predicted molar refractivity (Wildman–Crippen MR) is 119 cm³/mol. The first-order valence-corrected chi connectivity index (χ1v) is 10.6. The molecule has 7 heteroatoms. The molecule has 2 heterocycles. The summed E-state index contributed by atoms with van der Waals surface area (Å²) in [4.78, 5) is 30.2. The van der Waals surface area contributed by atoms with E-state index in [2.05, 4.69) is 24.1 Å². The lowest BCUT2D eigenvalue weighted by atomic mass is 9.97. The molecule has 31 heavy (non-hydrogen) atoms. The number of likely N-dealkylation sites (tertiary alicyclic amines) is 1. The summed E-state index contributed by atoms with van der Waals surface area (Å²) in [5.74, 6) is -0.470. The van der Waals surface area contributed by atoms with Crippen LogP contribution in [0.3, 0.4) is 0 Å². The second-order valence-corrected chi connectivity index (χ2v) is 8.77. The SMILES string of the molecule is Cc1cc(C(=O)NC(=[NH2+])c2ccc(CN3CC(C(=O)O)C3)nc2C)ccc1CC(C)C. The highest BCUT2D eigenvalue weighted by atomic mass is 16.4. The Labute approximate surface area is 183 Å². The number of pyridine rings is 1. The first-order chi connectivity index (χ1) is 14.6. The topological polar surface area (TPSA) is 108 Å². The van der Waals surface area contributed by atoms with E-state index in [4.69, 9.17) is 10.5 Å². The number of hydrogen-bond donors (Lipinski definition) is 3. The van der Waals surface area contributed by atoms with Gasteiger partial charge >= 0.3 is 11.9 Å². The first-order valence-electron chi connectivity index (χ1n) is 10.6. The van der Waals surface area contributed by atoms with Gasteiger partial charge in [0, 0.05) is 19.6 Å². The molecule has 7 nitrogen and oxygen atoms in total. The Hall–Kier alpha value is -3.06. The molecule has 0 saturated carbocycles. The lowest BCUT2D eigenvalue weighted by Crippen LogP contribution is -2.52. The van der Waals surface area contributed by atoms with Gasteiger partial charge in [-0.3, -0.25) is 20.1 Å². The van der Waals surface area contributed by atoms with Crippen LogP contribution in [-0.2, 0) is 17.8 Å². The van der Waals surface area contributed by atoms with E-state index < -0.39 is 5.97 Å². The van der Waals surface area contributed by atoms with Crippen molar-refractivity contribution in [3.05, 3.63) is 64.0 Å². The van der Waals surface area contributed by atoms with Crippen LogP contribution in [0.15, 0.2) is 30.3 Å². The van der Waals surface area contributed by atoms with Crippen LogP contribution in [0.4, 0.5) is 0 Å². The maximum Gasteiger partial charge on any atom is 0.339 e. The number of carbonyl (C=O) groups is 2. The van der Waals surface area contributed by atoms with Crippen molar-refractivity contribution < 1.29 is 20.1 Å². The largest absolute Gasteiger partial charge is 0.481 e. The number of hydrogen-bond acceptors (Lipinski definition) is 4. The number of carbonyl (C=O) groups excluding carboxylic acids is 1. The number of nitrogens with zero attached hydrogens (tertiary/aromatic N) is 2. The number of carboxylic acids is 1. The fourth-order valence-electron chi connectivity index (χ4n) is 3.84. The fourth-order valence-corrected chi connectivity index (χ4v) is 3.84. The molecule has 0 unspecified atom stereocenters. The van der Waals surface area contributed by atoms with Crippen molar-refractivity contribution >= 4 is 17.7 Å². The third-order valence-corrected chi connectivity index (χ3v) is 5.61. The number of aryl methyl sites for hydroxylation is 2. The quantitative estimate of drug-likeness (QED) is 0.460. The Balaban J connectivity index is 1.62. The highest BCUT2D eigenvalue weighted by molar-refractivity contribution is 6.10. The summed E-state index contributed by atoms with van der Waals surface area (Å²) in [6.07, 6.45) is 0.980. The number of benzene rings is 1. The normalized spacial score (nSPS) is 14.4. The van der Waals surface area contributed by atoms with Gasteiger partial charge in [-0.25, -0.2) is 10.1 Å². The maximum atomic E-state index is 12.7. The number of nitrogens with one attached hydrogen (secondary N) is 1. The molecule has 1 amide bonds. The number of nitrogens with two attached hydrogens (primary N) is 1. The summed E-state index contributed by atoms with van der Waals surface area (Å²) in [7, 11) is 0. The Morgan fingerprint density at radius 1 is 1.23 bits per heavy atom. The zero-order chi connectivity index (χ0) is 22.7. The van der Waals surface area contributed by atoms with Crippen LogP contribution in [0, 0.1) is 25.7 Å². The van der Waals surface area contributed by atoms with E-state index in [0.29, 0.717) is 42.4 Å². The second-order valence-electron chi connectivity index (χ2n) is 8.77. The predicted octanol–water partition coefficient (Wildman–Crippen LogP) is 1.35. The van der Waals surface area contributed by atoms with Crippen molar-refractivity contribution in [3.8, 4) is 0 Å². The average molecular weight is 424 g/mol. The molecular formula is C24H31N4O3+. The third-order valence-electron chi connectivity index (χ3n) is 5.61. The lowest BCUT2D eigenvalue weighted by molar-refractivity contribution is -0.147. The Kier molecular flexibility index (Phi) is 6.85. The van der Waals surface area contributed by atoms with Gasteiger partial charge in [-0.05, 0) is 61.6 Å². The molecular weight excluding hydrogens is 392 g/mol. The van der Waals surface area contributed by atoms with E-state index >= 15 is 0 Å². The molecule has 3 rings (SSSR count). The Morgan fingerprint density at radius 3 is 2.52 bits per heavy atom. The molecule has 164 valence electrons. The number of aromatic nitrogens is 1. The summed E-state index contributed by atoms with van der Waals surface area (Å²) in [5.41, 5.74) is 5.15. The Bertz CT molecular complexity index is 1010. The van der Waals surface area contributed by atoms with Crippen LogP contribution >= 0.6 is 0 Å². The molecule has 0 spiro atoms. The number of rotatable bonds is 7. The van der Waals surface area contributed by atoms with Crippen molar-refractivity contribution in [2.24, 2.45) is 11.8 Å². The minimum Gasteiger partial charge on any atom is -0.481 e. The van der Waals surface area contributed by atoms with E-state index in [1.165, 1.54) is 5.56 Å². The van der Waals surface area contributed by atoms with Crippen LogP contribution in [0.25, 0.3) is 0 Å². The molecule has 1 saturated heterocycles. The summed E-state index contributed by atoms with van der Waals surface area (Å²) in [6.45, 7) is 9.89. The zero-order valence-corrected chi connectivity index (χ0v) is 18.6. The van der Waals surface area contributed by atoms with Crippen LogP contribution in [0.2, 0.25) is 0 Å². The number of amidine groups is 1. The van der Waals surface area contributed by atoms with Crippen molar-refractivity contribution in [3.63, 3.8) is 0 Å². The van der Waals surface area contributed by atoms with Crippen LogP contribution in [0.1, 0.15) is 52.3 Å². The molecule has 1 aromatic carbocycles. The maximum absolute atomic E-state index is 12.7. The lowest BCUT2D eigenvalue weighted by Gasteiger charge is -2.36. The molecule has 2 aromatic rings. The van der Waals surface area contributed by atoms with Gasteiger partial charge in [0.15, 0.2) is 0 Å². The van der Waals surface area contributed by atoms with Gasteiger partial charge in [0.05, 0.1) is 28.4 Å². The van der Waals surface area contributed by atoms with Crippen LogP contribution in [0.5, 0.6) is 0 Å². The van der Waals surface area contributed by atoms with Crippen molar-refractivity contribution in [1.82, 2.24) is 15.2 Å². The van der Waals surface area contributed by atoms with Gasteiger partial charge in [0.1, 0.15) is 0 Å². The molecule has 0 radical (unpaired) electrons. The molecule has 4 N–H and O–H groups in total. The first kappa shape index (κ1) is 22.6. The van der Waals surface area contributed by atoms with E-state index in [-0.39, 0.29) is 17.7 Å². The minimum atomic E-state index is -0.751. The Morgan fingerprint density at radius 2 is 1.94 bits per heavy atom. The molecule has 0 aliphatic carbocycles. The minimum absolute atomic E-state index is 0.250. The van der Waals surface area contributed by atoms with Crippen molar-refractivity contribution in [2.75, 3.05) is 13.1 Å². The molecule has 1 aromatic heterocycles. The standard InChI is InChI=1S/C24H30N4O3/c1-14(2)9-17-5-6-18(10-15(17)3)23(29)27-22(25)21-8-7-20(26-16(21)4)13-28-11-19(12-28)24(30)31/h5-8,10,14,19H,9,11-13H2,1-4H3,(H,30,31)(H2,25,27,29)/p+1. The summed E-state index contributed by atoms with van der Waals surface area (Å²) in [6, 6.07) is 9.44. The van der Waals surface area contributed by atoms with Crippen LogP contribution < -0.4 is 10.7 Å². The molecule has 0 atom stereocenters.